The van der Waals surface area contributed by atoms with Crippen molar-refractivity contribution in [3.63, 3.8) is 0 Å². The van der Waals surface area contributed by atoms with Gasteiger partial charge in [0, 0.05) is 12.0 Å². The van der Waals surface area contributed by atoms with Crippen molar-refractivity contribution < 1.29 is 24.3 Å². The zero-order chi connectivity index (χ0) is 26.7. The molecule has 2 atom stereocenters. The Morgan fingerprint density at radius 1 is 1.08 bits per heavy atom. The summed E-state index contributed by atoms with van der Waals surface area (Å²) in [6, 6.07) is 11.0. The Morgan fingerprint density at radius 3 is 2.41 bits per heavy atom. The first-order chi connectivity index (χ1) is 17.7. The van der Waals surface area contributed by atoms with Gasteiger partial charge in [-0.15, -0.1) is 0 Å². The number of amides is 4. The molecule has 1 saturated heterocycles. The number of rotatable bonds is 8. The number of benzene rings is 2. The molecule has 8 heteroatoms. The van der Waals surface area contributed by atoms with Crippen molar-refractivity contribution in [2.75, 3.05) is 5.32 Å². The average Bonchev–Trinajstić information content (AvgIpc) is 3.11. The first-order valence-electron chi connectivity index (χ1n) is 13.0. The van der Waals surface area contributed by atoms with E-state index >= 15 is 0 Å². The van der Waals surface area contributed by atoms with Crippen LogP contribution < -0.4 is 5.32 Å². The lowest BCUT2D eigenvalue weighted by Crippen LogP contribution is -2.56. The lowest BCUT2D eigenvalue weighted by atomic mass is 9.70. The molecule has 8 nitrogen and oxygen atoms in total. The molecule has 2 aromatic carbocycles. The van der Waals surface area contributed by atoms with Crippen LogP contribution in [0.25, 0.3) is 0 Å². The van der Waals surface area contributed by atoms with Crippen molar-refractivity contribution in [2.24, 2.45) is 5.41 Å². The topological polar surface area (TPSA) is 107 Å². The number of urea groups is 1. The van der Waals surface area contributed by atoms with Gasteiger partial charge in [0.05, 0.1) is 5.69 Å². The van der Waals surface area contributed by atoms with E-state index in [0.717, 1.165) is 35.3 Å². The number of ketones is 1. The number of hydrogen-bond donors (Lipinski definition) is 2. The lowest BCUT2D eigenvalue weighted by molar-refractivity contribution is -0.145. The van der Waals surface area contributed by atoms with Gasteiger partial charge in [-0.1, -0.05) is 69.5 Å². The zero-order valence-corrected chi connectivity index (χ0v) is 21.7. The molecule has 0 spiro atoms. The van der Waals surface area contributed by atoms with E-state index in [9.17, 15) is 24.3 Å². The fourth-order valence-electron chi connectivity index (χ4n) is 5.46. The van der Waals surface area contributed by atoms with Crippen LogP contribution in [0.4, 0.5) is 10.5 Å². The first-order valence-corrected chi connectivity index (χ1v) is 13.0. The van der Waals surface area contributed by atoms with Crippen molar-refractivity contribution in [3.05, 3.63) is 59.7 Å². The number of hydrogen-bond acceptors (Lipinski definition) is 5. The van der Waals surface area contributed by atoms with E-state index in [1.54, 1.807) is 12.1 Å². The SMILES string of the molecule is CCC1C(=O)N(C(C(=O)Nc2cc(C)ccc2O)C(=O)C2(C)CCCCC2)C(=O)N1Cc1ccccc1. The van der Waals surface area contributed by atoms with E-state index in [2.05, 4.69) is 5.32 Å². The molecule has 1 aliphatic heterocycles. The Bertz CT molecular complexity index is 1190. The van der Waals surface area contributed by atoms with E-state index < -0.39 is 41.1 Å². The van der Waals surface area contributed by atoms with Gasteiger partial charge in [-0.2, -0.15) is 0 Å². The summed E-state index contributed by atoms with van der Waals surface area (Å²) in [6.45, 7) is 5.63. The Morgan fingerprint density at radius 2 is 1.76 bits per heavy atom. The molecule has 2 N–H and O–H groups in total. The number of carbonyl (C=O) groups excluding carboxylic acids is 4. The maximum atomic E-state index is 14.1. The molecule has 2 fully saturated rings. The van der Waals surface area contributed by atoms with Gasteiger partial charge in [0.1, 0.15) is 11.8 Å². The standard InChI is InChI=1S/C29H35N3O5/c1-4-22-27(36)32(28(37)31(22)18-20-11-7-5-8-12-20)24(25(34)29(3)15-9-6-10-16-29)26(35)30-21-17-19(2)13-14-23(21)33/h5,7-8,11-14,17,22,24,33H,4,6,9-10,15-16,18H2,1-3H3,(H,30,35). The minimum Gasteiger partial charge on any atom is -0.506 e. The summed E-state index contributed by atoms with van der Waals surface area (Å²) in [4.78, 5) is 57.5. The van der Waals surface area contributed by atoms with Gasteiger partial charge in [-0.05, 0) is 49.4 Å². The molecule has 2 aliphatic rings. The minimum atomic E-state index is -1.63. The molecule has 0 aromatic heterocycles. The van der Waals surface area contributed by atoms with Crippen LogP contribution in [0.2, 0.25) is 0 Å². The molecule has 0 radical (unpaired) electrons. The molecule has 2 aromatic rings. The van der Waals surface area contributed by atoms with Crippen molar-refractivity contribution >= 4 is 29.3 Å². The molecule has 1 heterocycles. The van der Waals surface area contributed by atoms with Crippen molar-refractivity contribution in [3.8, 4) is 5.75 Å². The molecule has 37 heavy (non-hydrogen) atoms. The van der Waals surface area contributed by atoms with E-state index in [0.29, 0.717) is 19.3 Å². The van der Waals surface area contributed by atoms with Gasteiger partial charge in [0.2, 0.25) is 0 Å². The molecule has 0 bridgehead atoms. The molecule has 4 rings (SSSR count). The predicted octanol–water partition coefficient (Wildman–Crippen LogP) is 4.79. The van der Waals surface area contributed by atoms with Gasteiger partial charge in [0.25, 0.3) is 11.8 Å². The summed E-state index contributed by atoms with van der Waals surface area (Å²) in [7, 11) is 0. The number of nitrogens with zero attached hydrogens (tertiary/aromatic N) is 2. The number of Topliss-reactive ketones (excluding diaryl/α,β-unsaturated/α-hetero) is 1. The van der Waals surface area contributed by atoms with Crippen molar-refractivity contribution in [1.29, 1.82) is 0 Å². The Balaban J connectivity index is 1.72. The molecule has 1 aliphatic carbocycles. The van der Waals surface area contributed by atoms with Crippen LogP contribution >= 0.6 is 0 Å². The van der Waals surface area contributed by atoms with Crippen molar-refractivity contribution in [2.45, 2.75) is 77.9 Å². The van der Waals surface area contributed by atoms with Gasteiger partial charge >= 0.3 is 6.03 Å². The van der Waals surface area contributed by atoms with E-state index in [1.165, 1.54) is 11.0 Å². The highest BCUT2D eigenvalue weighted by Crippen LogP contribution is 2.39. The van der Waals surface area contributed by atoms with Crippen LogP contribution in [0.15, 0.2) is 48.5 Å². The van der Waals surface area contributed by atoms with Crippen LogP contribution in [0, 0.1) is 12.3 Å². The summed E-state index contributed by atoms with van der Waals surface area (Å²) in [5.41, 5.74) is 0.942. The summed E-state index contributed by atoms with van der Waals surface area (Å²) in [6.07, 6.45) is 4.22. The fourth-order valence-corrected chi connectivity index (χ4v) is 5.46. The maximum absolute atomic E-state index is 14.1. The van der Waals surface area contributed by atoms with Gasteiger partial charge in [0.15, 0.2) is 11.8 Å². The Kier molecular flexibility index (Phi) is 7.66. The van der Waals surface area contributed by atoms with Crippen LogP contribution in [0.5, 0.6) is 5.75 Å². The van der Waals surface area contributed by atoms with Crippen LogP contribution in [0.3, 0.4) is 0 Å². The van der Waals surface area contributed by atoms with Gasteiger partial charge < -0.3 is 15.3 Å². The third-order valence-corrected chi connectivity index (χ3v) is 7.65. The third kappa shape index (κ3) is 5.24. The number of phenols is 1. The second-order valence-electron chi connectivity index (χ2n) is 10.4. The number of carbonyl (C=O) groups is 4. The Hall–Kier alpha value is -3.68. The van der Waals surface area contributed by atoms with E-state index in [1.807, 2.05) is 51.1 Å². The zero-order valence-electron chi connectivity index (χ0n) is 21.7. The smallest absolute Gasteiger partial charge is 0.328 e. The minimum absolute atomic E-state index is 0.129. The molecular formula is C29H35N3O5. The largest absolute Gasteiger partial charge is 0.506 e. The number of anilines is 1. The molecule has 4 amide bonds. The second kappa shape index (κ2) is 10.7. The Labute approximate surface area is 217 Å². The monoisotopic (exact) mass is 505 g/mol. The highest BCUT2D eigenvalue weighted by Gasteiger charge is 2.54. The summed E-state index contributed by atoms with van der Waals surface area (Å²) in [5.74, 6) is -1.94. The fraction of sp³-hybridized carbons (Fsp3) is 0.448. The predicted molar refractivity (Wildman–Crippen MR) is 140 cm³/mol. The van der Waals surface area contributed by atoms with Crippen molar-refractivity contribution in [1.82, 2.24) is 9.80 Å². The summed E-state index contributed by atoms with van der Waals surface area (Å²) < 4.78 is 0. The number of phenolic OH excluding ortho intramolecular Hbond substituents is 1. The highest BCUT2D eigenvalue weighted by molar-refractivity contribution is 6.19. The van der Waals surface area contributed by atoms with Gasteiger partial charge in [-0.3, -0.25) is 14.4 Å². The molecule has 2 unspecified atom stereocenters. The third-order valence-electron chi connectivity index (χ3n) is 7.65. The van der Waals surface area contributed by atoms with E-state index in [4.69, 9.17) is 0 Å². The van der Waals surface area contributed by atoms with Crippen LogP contribution in [0.1, 0.15) is 63.5 Å². The normalized spacial score (nSPS) is 20.1. The quantitative estimate of drug-likeness (QED) is 0.305. The molecule has 1 saturated carbocycles. The van der Waals surface area contributed by atoms with Gasteiger partial charge in [-0.25, -0.2) is 9.69 Å². The lowest BCUT2D eigenvalue weighted by Gasteiger charge is -2.36. The number of imide groups is 1. The number of aromatic hydroxyl groups is 1. The number of nitrogens with one attached hydrogen (secondary N) is 1. The second-order valence-corrected chi connectivity index (χ2v) is 10.4. The summed E-state index contributed by atoms with van der Waals surface area (Å²) in [5, 5.41) is 12.9. The van der Waals surface area contributed by atoms with Crippen LogP contribution in [-0.2, 0) is 20.9 Å². The van der Waals surface area contributed by atoms with Crippen LogP contribution in [-0.4, -0.2) is 50.6 Å². The summed E-state index contributed by atoms with van der Waals surface area (Å²) >= 11 is 0. The first kappa shape index (κ1) is 26.4. The molecular weight excluding hydrogens is 470 g/mol. The highest BCUT2D eigenvalue weighted by atomic mass is 16.3. The maximum Gasteiger partial charge on any atom is 0.328 e. The average molecular weight is 506 g/mol. The molecule has 196 valence electrons. The van der Waals surface area contributed by atoms with E-state index in [-0.39, 0.29) is 18.0 Å². The number of aryl methyl sites for hydroxylation is 1.